The Morgan fingerprint density at radius 1 is 0.906 bits per heavy atom. The molecule has 7 nitrogen and oxygen atoms in total. The van der Waals surface area contributed by atoms with Crippen molar-refractivity contribution in [2.24, 2.45) is 0 Å². The first kappa shape index (κ1) is 24.9. The summed E-state index contributed by atoms with van der Waals surface area (Å²) in [5.74, 6) is -0.994. The molecule has 2 aromatic rings. The van der Waals surface area contributed by atoms with Crippen LogP contribution in [0.15, 0.2) is 48.5 Å². The van der Waals surface area contributed by atoms with Crippen LogP contribution < -0.4 is 16.0 Å². The smallest absolute Gasteiger partial charge is 0.338 e. The van der Waals surface area contributed by atoms with Gasteiger partial charge in [-0.1, -0.05) is 45.0 Å². The minimum Gasteiger partial charge on any atom is -0.449 e. The molecular weight excluding hydrogens is 406 g/mol. The van der Waals surface area contributed by atoms with Crippen molar-refractivity contribution in [3.8, 4) is 0 Å². The first-order valence-electron chi connectivity index (χ1n) is 10.7. The molecule has 0 aliphatic carbocycles. The molecule has 0 spiro atoms. The van der Waals surface area contributed by atoms with E-state index in [1.165, 1.54) is 6.92 Å². The highest BCUT2D eigenvalue weighted by Gasteiger charge is 2.20. The molecule has 0 aromatic heterocycles. The lowest BCUT2D eigenvalue weighted by atomic mass is 9.87. The van der Waals surface area contributed by atoms with E-state index >= 15 is 0 Å². The van der Waals surface area contributed by atoms with Gasteiger partial charge >= 0.3 is 12.0 Å². The van der Waals surface area contributed by atoms with Crippen molar-refractivity contribution in [3.63, 3.8) is 0 Å². The van der Waals surface area contributed by atoms with Crippen LogP contribution >= 0.6 is 0 Å². The summed E-state index contributed by atoms with van der Waals surface area (Å²) in [5, 5.41) is 8.25. The summed E-state index contributed by atoms with van der Waals surface area (Å²) < 4.78 is 5.30. The number of urea groups is 1. The fraction of sp³-hybridized carbons (Fsp3) is 0.400. The number of ether oxygens (including phenoxy) is 1. The predicted octanol–water partition coefficient (Wildman–Crippen LogP) is 4.38. The van der Waals surface area contributed by atoms with Crippen LogP contribution in [0, 0.1) is 0 Å². The SMILES string of the molecule is CC(C)NC(=O)NCc1ccc(C(=O)OC(C)C(=O)Nc2ccc(C(C)(C)C)cc2)cc1. The zero-order chi connectivity index (χ0) is 23.9. The Hall–Kier alpha value is -3.35. The molecule has 32 heavy (non-hydrogen) atoms. The molecule has 0 saturated carbocycles. The van der Waals surface area contributed by atoms with Gasteiger partial charge in [-0.15, -0.1) is 0 Å². The van der Waals surface area contributed by atoms with E-state index in [0.717, 1.165) is 11.1 Å². The minimum atomic E-state index is -0.953. The zero-order valence-electron chi connectivity index (χ0n) is 19.6. The van der Waals surface area contributed by atoms with E-state index in [0.29, 0.717) is 17.8 Å². The summed E-state index contributed by atoms with van der Waals surface area (Å²) >= 11 is 0. The maximum absolute atomic E-state index is 12.4. The van der Waals surface area contributed by atoms with E-state index in [-0.39, 0.29) is 17.5 Å². The third-order valence-electron chi connectivity index (χ3n) is 4.73. The van der Waals surface area contributed by atoms with Gasteiger partial charge in [-0.25, -0.2) is 9.59 Å². The molecule has 3 amide bonds. The van der Waals surface area contributed by atoms with Crippen molar-refractivity contribution in [2.75, 3.05) is 5.32 Å². The molecule has 0 saturated heterocycles. The Morgan fingerprint density at radius 2 is 1.50 bits per heavy atom. The van der Waals surface area contributed by atoms with Gasteiger partial charge in [0.1, 0.15) is 0 Å². The van der Waals surface area contributed by atoms with Gasteiger partial charge < -0.3 is 20.7 Å². The maximum Gasteiger partial charge on any atom is 0.338 e. The topological polar surface area (TPSA) is 96.5 Å². The average Bonchev–Trinajstić information content (AvgIpc) is 2.71. The number of anilines is 1. The fourth-order valence-electron chi connectivity index (χ4n) is 2.83. The molecule has 2 rings (SSSR count). The monoisotopic (exact) mass is 439 g/mol. The molecule has 1 atom stereocenters. The largest absolute Gasteiger partial charge is 0.449 e. The van der Waals surface area contributed by atoms with Crippen LogP contribution in [0.25, 0.3) is 0 Å². The number of hydrogen-bond donors (Lipinski definition) is 3. The summed E-state index contributed by atoms with van der Waals surface area (Å²) in [6.07, 6.45) is -0.953. The molecule has 0 heterocycles. The quantitative estimate of drug-likeness (QED) is 0.558. The Bertz CT molecular complexity index is 929. The van der Waals surface area contributed by atoms with E-state index in [1.54, 1.807) is 24.3 Å². The summed E-state index contributed by atoms with van der Waals surface area (Å²) in [5.41, 5.74) is 3.00. The van der Waals surface area contributed by atoms with E-state index in [1.807, 2.05) is 38.1 Å². The summed E-state index contributed by atoms with van der Waals surface area (Å²) in [4.78, 5) is 36.4. The number of rotatable bonds is 7. The molecule has 2 aromatic carbocycles. The fourth-order valence-corrected chi connectivity index (χ4v) is 2.83. The Morgan fingerprint density at radius 3 is 2.03 bits per heavy atom. The first-order chi connectivity index (χ1) is 15.0. The van der Waals surface area contributed by atoms with Crippen molar-refractivity contribution in [1.29, 1.82) is 0 Å². The molecule has 0 radical (unpaired) electrons. The van der Waals surface area contributed by atoms with Gasteiger partial charge in [0, 0.05) is 18.3 Å². The van der Waals surface area contributed by atoms with Gasteiger partial charge in [0.25, 0.3) is 5.91 Å². The lowest BCUT2D eigenvalue weighted by Crippen LogP contribution is -2.39. The Kier molecular flexibility index (Phi) is 8.41. The molecule has 0 aliphatic heterocycles. The number of hydrogen-bond acceptors (Lipinski definition) is 4. The van der Waals surface area contributed by atoms with Crippen molar-refractivity contribution in [2.45, 2.75) is 65.6 Å². The third kappa shape index (κ3) is 7.72. The highest BCUT2D eigenvalue weighted by Crippen LogP contribution is 2.23. The van der Waals surface area contributed by atoms with Crippen LogP contribution in [0.2, 0.25) is 0 Å². The second-order valence-corrected chi connectivity index (χ2v) is 9.04. The van der Waals surface area contributed by atoms with E-state index in [2.05, 4.69) is 36.7 Å². The van der Waals surface area contributed by atoms with E-state index in [4.69, 9.17) is 4.74 Å². The normalized spacial score (nSPS) is 12.1. The molecule has 1 unspecified atom stereocenters. The highest BCUT2D eigenvalue weighted by molar-refractivity contribution is 5.97. The molecule has 0 aliphatic rings. The van der Waals surface area contributed by atoms with Crippen molar-refractivity contribution >= 4 is 23.6 Å². The second-order valence-electron chi connectivity index (χ2n) is 9.04. The predicted molar refractivity (Wildman–Crippen MR) is 126 cm³/mol. The summed E-state index contributed by atoms with van der Waals surface area (Å²) in [6, 6.07) is 14.1. The number of nitrogens with one attached hydrogen (secondary N) is 3. The zero-order valence-corrected chi connectivity index (χ0v) is 19.6. The third-order valence-corrected chi connectivity index (χ3v) is 4.73. The lowest BCUT2D eigenvalue weighted by molar-refractivity contribution is -0.123. The lowest BCUT2D eigenvalue weighted by Gasteiger charge is -2.19. The Labute approximate surface area is 189 Å². The summed E-state index contributed by atoms with van der Waals surface area (Å²) in [6.45, 7) is 12.0. The van der Waals surface area contributed by atoms with Crippen molar-refractivity contribution < 1.29 is 19.1 Å². The highest BCUT2D eigenvalue weighted by atomic mass is 16.5. The number of benzene rings is 2. The number of carbonyl (C=O) groups is 3. The van der Waals surface area contributed by atoms with Gasteiger partial charge in [-0.05, 0) is 61.6 Å². The standard InChI is InChI=1S/C25H33N3O4/c1-16(2)27-24(31)26-15-18-7-9-19(10-8-18)23(30)32-17(3)22(29)28-21-13-11-20(12-14-21)25(4,5)6/h7-14,16-17H,15H2,1-6H3,(H,28,29)(H2,26,27,31). The number of amides is 3. The average molecular weight is 440 g/mol. The van der Waals surface area contributed by atoms with E-state index < -0.39 is 18.0 Å². The van der Waals surface area contributed by atoms with Crippen LogP contribution in [0.3, 0.4) is 0 Å². The second kappa shape index (κ2) is 10.8. The van der Waals surface area contributed by atoms with E-state index in [9.17, 15) is 14.4 Å². The molecule has 3 N–H and O–H groups in total. The van der Waals surface area contributed by atoms with Crippen LogP contribution in [0.4, 0.5) is 10.5 Å². The van der Waals surface area contributed by atoms with Crippen LogP contribution in [-0.4, -0.2) is 30.1 Å². The van der Waals surface area contributed by atoms with Gasteiger partial charge in [0.2, 0.25) is 0 Å². The number of esters is 1. The van der Waals surface area contributed by atoms with Crippen LogP contribution in [0.5, 0.6) is 0 Å². The van der Waals surface area contributed by atoms with Crippen molar-refractivity contribution in [1.82, 2.24) is 10.6 Å². The minimum absolute atomic E-state index is 0.0253. The van der Waals surface area contributed by atoms with Crippen molar-refractivity contribution in [3.05, 3.63) is 65.2 Å². The Balaban J connectivity index is 1.87. The van der Waals surface area contributed by atoms with Gasteiger partial charge in [-0.3, -0.25) is 4.79 Å². The van der Waals surface area contributed by atoms with Gasteiger partial charge in [0.15, 0.2) is 6.10 Å². The molecule has 172 valence electrons. The van der Waals surface area contributed by atoms with Gasteiger partial charge in [-0.2, -0.15) is 0 Å². The molecule has 0 bridgehead atoms. The van der Waals surface area contributed by atoms with Crippen LogP contribution in [0.1, 0.15) is 63.0 Å². The van der Waals surface area contributed by atoms with Crippen LogP contribution in [-0.2, 0) is 21.5 Å². The molecule has 7 heteroatoms. The molecule has 0 fully saturated rings. The summed E-state index contributed by atoms with van der Waals surface area (Å²) in [7, 11) is 0. The maximum atomic E-state index is 12.4. The first-order valence-corrected chi connectivity index (χ1v) is 10.7. The van der Waals surface area contributed by atoms with Gasteiger partial charge in [0.05, 0.1) is 5.56 Å². The number of carbonyl (C=O) groups excluding carboxylic acids is 3. The molecular formula is C25H33N3O4.